The Morgan fingerprint density at radius 1 is 0.757 bits per heavy atom. The molecule has 0 aliphatic carbocycles. The standard InChI is InChI=1S/C32H33NO4/c1-32(2,3)28-12-8-9-13-30(28)37-22-25-20-24(14-19-29(25)35-4)31(34)33-26-15-17-27(18-16-26)36-21-23-10-6-5-7-11-23/h5-20H,21-22H2,1-4H3,(H,33,34). The summed E-state index contributed by atoms with van der Waals surface area (Å²) < 4.78 is 17.5. The lowest BCUT2D eigenvalue weighted by Gasteiger charge is -2.23. The summed E-state index contributed by atoms with van der Waals surface area (Å²) in [5, 5.41) is 2.95. The average Bonchev–Trinajstić information content (AvgIpc) is 2.91. The van der Waals surface area contributed by atoms with Crippen LogP contribution in [0, 0.1) is 0 Å². The second-order valence-corrected chi connectivity index (χ2v) is 9.81. The molecule has 5 nitrogen and oxygen atoms in total. The zero-order chi connectivity index (χ0) is 26.3. The molecule has 0 bridgehead atoms. The van der Waals surface area contributed by atoms with Gasteiger partial charge in [0.2, 0.25) is 0 Å². The van der Waals surface area contributed by atoms with E-state index in [1.807, 2.05) is 78.9 Å². The normalized spacial score (nSPS) is 11.0. The van der Waals surface area contributed by atoms with Crippen molar-refractivity contribution in [3.63, 3.8) is 0 Å². The Balaban J connectivity index is 1.41. The Kier molecular flexibility index (Phi) is 8.14. The topological polar surface area (TPSA) is 56.8 Å². The highest BCUT2D eigenvalue weighted by Gasteiger charge is 2.19. The molecule has 0 spiro atoms. The fourth-order valence-electron chi connectivity index (χ4n) is 3.98. The van der Waals surface area contributed by atoms with Crippen LogP contribution in [-0.2, 0) is 18.6 Å². The van der Waals surface area contributed by atoms with Crippen molar-refractivity contribution in [2.75, 3.05) is 12.4 Å². The second-order valence-electron chi connectivity index (χ2n) is 9.81. The number of hydrogen-bond donors (Lipinski definition) is 1. The van der Waals surface area contributed by atoms with Crippen molar-refractivity contribution >= 4 is 11.6 Å². The van der Waals surface area contributed by atoms with Crippen molar-refractivity contribution in [1.82, 2.24) is 0 Å². The third kappa shape index (κ3) is 6.91. The van der Waals surface area contributed by atoms with E-state index in [0.717, 1.165) is 28.2 Å². The van der Waals surface area contributed by atoms with E-state index >= 15 is 0 Å². The van der Waals surface area contributed by atoms with E-state index in [2.05, 4.69) is 32.2 Å². The van der Waals surface area contributed by atoms with Crippen molar-refractivity contribution in [1.29, 1.82) is 0 Å². The number of hydrogen-bond acceptors (Lipinski definition) is 4. The first-order valence-electron chi connectivity index (χ1n) is 12.3. The summed E-state index contributed by atoms with van der Waals surface area (Å²) in [5.74, 6) is 2.02. The maximum Gasteiger partial charge on any atom is 0.255 e. The molecule has 1 N–H and O–H groups in total. The molecule has 1 amide bonds. The summed E-state index contributed by atoms with van der Waals surface area (Å²) >= 11 is 0. The van der Waals surface area contributed by atoms with Crippen LogP contribution in [0.15, 0.2) is 97.1 Å². The molecule has 4 aromatic rings. The number of benzene rings is 4. The van der Waals surface area contributed by atoms with Gasteiger partial charge in [-0.2, -0.15) is 0 Å². The first-order valence-corrected chi connectivity index (χ1v) is 12.3. The summed E-state index contributed by atoms with van der Waals surface area (Å²) in [6.45, 7) is 7.24. The van der Waals surface area contributed by atoms with Gasteiger partial charge in [-0.15, -0.1) is 0 Å². The Labute approximate surface area is 219 Å². The molecule has 0 aliphatic heterocycles. The molecule has 0 saturated carbocycles. The Morgan fingerprint density at radius 2 is 1.46 bits per heavy atom. The number of rotatable bonds is 9. The van der Waals surface area contributed by atoms with E-state index in [1.165, 1.54) is 0 Å². The zero-order valence-electron chi connectivity index (χ0n) is 21.8. The van der Waals surface area contributed by atoms with Crippen molar-refractivity contribution in [3.8, 4) is 17.2 Å². The lowest BCUT2D eigenvalue weighted by atomic mass is 9.86. The second kappa shape index (κ2) is 11.7. The molecule has 4 rings (SSSR count). The third-order valence-electron chi connectivity index (χ3n) is 5.98. The summed E-state index contributed by atoms with van der Waals surface area (Å²) in [6, 6.07) is 30.7. The monoisotopic (exact) mass is 495 g/mol. The number of methoxy groups -OCH3 is 1. The van der Waals surface area contributed by atoms with Crippen LogP contribution in [-0.4, -0.2) is 13.0 Å². The Bertz CT molecular complexity index is 1330. The van der Waals surface area contributed by atoms with Crippen molar-refractivity contribution in [2.45, 2.75) is 39.4 Å². The van der Waals surface area contributed by atoms with Gasteiger partial charge in [-0.1, -0.05) is 69.3 Å². The maximum absolute atomic E-state index is 13.0. The van der Waals surface area contributed by atoms with Crippen molar-refractivity contribution in [3.05, 3.63) is 119 Å². The smallest absolute Gasteiger partial charge is 0.255 e. The highest BCUT2D eigenvalue weighted by molar-refractivity contribution is 6.04. The van der Waals surface area contributed by atoms with Crippen LogP contribution in [0.5, 0.6) is 17.2 Å². The Hall–Kier alpha value is -4.25. The molecule has 0 unspecified atom stereocenters. The van der Waals surface area contributed by atoms with Gasteiger partial charge in [0.15, 0.2) is 0 Å². The quantitative estimate of drug-likeness (QED) is 0.263. The zero-order valence-corrected chi connectivity index (χ0v) is 21.8. The molecule has 5 heteroatoms. The fraction of sp³-hybridized carbons (Fsp3) is 0.219. The highest BCUT2D eigenvalue weighted by atomic mass is 16.5. The maximum atomic E-state index is 13.0. The molecule has 0 saturated heterocycles. The van der Waals surface area contributed by atoms with E-state index in [9.17, 15) is 4.79 Å². The molecule has 0 atom stereocenters. The lowest BCUT2D eigenvalue weighted by molar-refractivity contribution is 0.102. The Morgan fingerprint density at radius 3 is 2.16 bits per heavy atom. The SMILES string of the molecule is COc1ccc(C(=O)Nc2ccc(OCc3ccccc3)cc2)cc1COc1ccccc1C(C)(C)C. The molecule has 0 aromatic heterocycles. The van der Waals surface area contributed by atoms with E-state index in [1.54, 1.807) is 19.2 Å². The molecular formula is C32H33NO4. The van der Waals surface area contributed by atoms with Gasteiger partial charge in [-0.25, -0.2) is 0 Å². The predicted octanol–water partition coefficient (Wildman–Crippen LogP) is 7.40. The average molecular weight is 496 g/mol. The van der Waals surface area contributed by atoms with Gasteiger partial charge < -0.3 is 19.5 Å². The van der Waals surface area contributed by atoms with Gasteiger partial charge in [0, 0.05) is 16.8 Å². The predicted molar refractivity (Wildman–Crippen MR) is 148 cm³/mol. The van der Waals surface area contributed by atoms with Crippen LogP contribution in [0.2, 0.25) is 0 Å². The molecule has 0 heterocycles. The number of amides is 1. The van der Waals surface area contributed by atoms with E-state index in [0.29, 0.717) is 23.6 Å². The van der Waals surface area contributed by atoms with E-state index in [4.69, 9.17) is 14.2 Å². The van der Waals surface area contributed by atoms with Gasteiger partial charge >= 0.3 is 0 Å². The van der Waals surface area contributed by atoms with Gasteiger partial charge in [-0.3, -0.25) is 4.79 Å². The largest absolute Gasteiger partial charge is 0.496 e. The van der Waals surface area contributed by atoms with Gasteiger partial charge in [0.05, 0.1) is 7.11 Å². The van der Waals surface area contributed by atoms with Crippen LogP contribution in [0.4, 0.5) is 5.69 Å². The van der Waals surface area contributed by atoms with Crippen LogP contribution in [0.3, 0.4) is 0 Å². The summed E-state index contributed by atoms with van der Waals surface area (Å²) in [6.07, 6.45) is 0. The third-order valence-corrected chi connectivity index (χ3v) is 5.98. The first-order chi connectivity index (χ1) is 17.8. The van der Waals surface area contributed by atoms with Crippen LogP contribution < -0.4 is 19.5 Å². The molecular weight excluding hydrogens is 462 g/mol. The molecule has 0 aliphatic rings. The minimum absolute atomic E-state index is 0.0510. The number of carbonyl (C=O) groups is 1. The van der Waals surface area contributed by atoms with Crippen molar-refractivity contribution in [2.24, 2.45) is 0 Å². The molecule has 190 valence electrons. The minimum Gasteiger partial charge on any atom is -0.496 e. The van der Waals surface area contributed by atoms with Gasteiger partial charge in [0.25, 0.3) is 5.91 Å². The number of ether oxygens (including phenoxy) is 3. The fourth-order valence-corrected chi connectivity index (χ4v) is 3.98. The molecule has 4 aromatic carbocycles. The lowest BCUT2D eigenvalue weighted by Crippen LogP contribution is -2.14. The summed E-state index contributed by atoms with van der Waals surface area (Å²) in [5.41, 5.74) is 4.17. The molecule has 0 radical (unpaired) electrons. The van der Waals surface area contributed by atoms with Gasteiger partial charge in [-0.05, 0) is 65.1 Å². The minimum atomic E-state index is -0.211. The number of para-hydroxylation sites is 1. The summed E-state index contributed by atoms with van der Waals surface area (Å²) in [4.78, 5) is 13.0. The van der Waals surface area contributed by atoms with Crippen LogP contribution in [0.1, 0.15) is 47.8 Å². The first kappa shape index (κ1) is 25.8. The van der Waals surface area contributed by atoms with Crippen LogP contribution in [0.25, 0.3) is 0 Å². The number of nitrogens with one attached hydrogen (secondary N) is 1. The van der Waals surface area contributed by atoms with Gasteiger partial charge in [0.1, 0.15) is 30.5 Å². The van der Waals surface area contributed by atoms with E-state index < -0.39 is 0 Å². The van der Waals surface area contributed by atoms with E-state index in [-0.39, 0.29) is 17.9 Å². The molecule has 0 fully saturated rings. The molecule has 37 heavy (non-hydrogen) atoms. The van der Waals surface area contributed by atoms with Crippen molar-refractivity contribution < 1.29 is 19.0 Å². The van der Waals surface area contributed by atoms with Crippen LogP contribution >= 0.6 is 0 Å². The highest BCUT2D eigenvalue weighted by Crippen LogP contribution is 2.32. The summed E-state index contributed by atoms with van der Waals surface area (Å²) in [7, 11) is 1.61. The number of carbonyl (C=O) groups excluding carboxylic acids is 1. The number of anilines is 1.